The molecule has 0 saturated heterocycles. The Morgan fingerprint density at radius 2 is 2.00 bits per heavy atom. The molecule has 0 heterocycles. The van der Waals surface area contributed by atoms with Crippen LogP contribution < -0.4 is 10.6 Å². The van der Waals surface area contributed by atoms with Crippen LogP contribution in [-0.4, -0.2) is 19.1 Å². The van der Waals surface area contributed by atoms with Crippen molar-refractivity contribution in [2.75, 3.05) is 11.9 Å². The molecule has 3 heteroatoms. The first-order valence-electron chi connectivity index (χ1n) is 7.89. The topological polar surface area (TPSA) is 29.3 Å². The highest BCUT2D eigenvalue weighted by Gasteiger charge is 2.22. The largest absolute Gasteiger partial charge is 0.371 e. The van der Waals surface area contributed by atoms with E-state index in [1.165, 1.54) is 32.1 Å². The molecule has 1 saturated carbocycles. The van der Waals surface area contributed by atoms with Gasteiger partial charge in [0.05, 0.1) is 0 Å². The third-order valence-electron chi connectivity index (χ3n) is 4.59. The van der Waals surface area contributed by atoms with Crippen LogP contribution in [0.5, 0.6) is 0 Å². The van der Waals surface area contributed by atoms with Gasteiger partial charge in [-0.25, -0.2) is 4.39 Å². The molecule has 0 spiro atoms. The summed E-state index contributed by atoms with van der Waals surface area (Å²) in [6.07, 6.45) is 7.83. The van der Waals surface area contributed by atoms with E-state index in [1.54, 1.807) is 6.07 Å². The van der Waals surface area contributed by atoms with Gasteiger partial charge in [0.1, 0.15) is 5.82 Å². The second kappa shape index (κ2) is 7.07. The molecule has 1 fully saturated rings. The first kappa shape index (κ1) is 15.3. The van der Waals surface area contributed by atoms with Crippen LogP contribution in [0.1, 0.15) is 51.0 Å². The Hall–Kier alpha value is -1.09. The molecule has 0 radical (unpaired) electrons. The Kier molecular flexibility index (Phi) is 5.41. The fourth-order valence-electron chi connectivity index (χ4n) is 3.15. The molecule has 2 N–H and O–H groups in total. The van der Waals surface area contributed by atoms with Gasteiger partial charge in [-0.2, -0.15) is 0 Å². The van der Waals surface area contributed by atoms with Gasteiger partial charge >= 0.3 is 0 Å². The second-order valence-corrected chi connectivity index (χ2v) is 6.01. The molecular formula is C17H27FN2. The SMILES string of the molecule is CCC(N)Cc1c(F)cccc1N(C)C1CCCCC1. The molecule has 112 valence electrons. The maximum absolute atomic E-state index is 14.2. The van der Waals surface area contributed by atoms with Gasteiger partial charge in [0, 0.05) is 30.4 Å². The lowest BCUT2D eigenvalue weighted by Crippen LogP contribution is -2.34. The van der Waals surface area contributed by atoms with Crippen LogP contribution in [-0.2, 0) is 6.42 Å². The van der Waals surface area contributed by atoms with E-state index in [0.717, 1.165) is 17.7 Å². The number of anilines is 1. The lowest BCUT2D eigenvalue weighted by Gasteiger charge is -2.34. The van der Waals surface area contributed by atoms with Gasteiger partial charge in [0.15, 0.2) is 0 Å². The highest BCUT2D eigenvalue weighted by molar-refractivity contribution is 5.55. The maximum Gasteiger partial charge on any atom is 0.128 e. The lowest BCUT2D eigenvalue weighted by molar-refractivity contribution is 0.426. The summed E-state index contributed by atoms with van der Waals surface area (Å²) in [7, 11) is 2.10. The first-order chi connectivity index (χ1) is 9.63. The van der Waals surface area contributed by atoms with Gasteiger partial charge in [-0.15, -0.1) is 0 Å². The quantitative estimate of drug-likeness (QED) is 0.885. The maximum atomic E-state index is 14.2. The number of nitrogens with two attached hydrogens (primary N) is 1. The summed E-state index contributed by atoms with van der Waals surface area (Å²) in [6, 6.07) is 5.98. The van der Waals surface area contributed by atoms with E-state index in [4.69, 9.17) is 5.73 Å². The smallest absolute Gasteiger partial charge is 0.128 e. The van der Waals surface area contributed by atoms with Gasteiger partial charge in [-0.05, 0) is 37.8 Å². The van der Waals surface area contributed by atoms with E-state index in [2.05, 4.69) is 18.9 Å². The molecule has 1 aliphatic rings. The number of hydrogen-bond acceptors (Lipinski definition) is 2. The summed E-state index contributed by atoms with van der Waals surface area (Å²) in [4.78, 5) is 2.28. The third-order valence-corrected chi connectivity index (χ3v) is 4.59. The second-order valence-electron chi connectivity index (χ2n) is 6.01. The number of nitrogens with zero attached hydrogens (tertiary/aromatic N) is 1. The van der Waals surface area contributed by atoms with Crippen LogP contribution in [0.4, 0.5) is 10.1 Å². The summed E-state index contributed by atoms with van der Waals surface area (Å²) in [6.45, 7) is 2.05. The molecule has 0 aromatic heterocycles. The van der Waals surface area contributed by atoms with Crippen LogP contribution in [0.3, 0.4) is 0 Å². The minimum atomic E-state index is -0.117. The van der Waals surface area contributed by atoms with E-state index < -0.39 is 0 Å². The molecule has 1 aliphatic carbocycles. The Morgan fingerprint density at radius 3 is 2.65 bits per heavy atom. The van der Waals surface area contributed by atoms with E-state index >= 15 is 0 Å². The zero-order valence-corrected chi connectivity index (χ0v) is 12.7. The highest BCUT2D eigenvalue weighted by atomic mass is 19.1. The predicted molar refractivity (Wildman–Crippen MR) is 83.6 cm³/mol. The van der Waals surface area contributed by atoms with Crippen LogP contribution in [0.25, 0.3) is 0 Å². The number of benzene rings is 1. The van der Waals surface area contributed by atoms with Crippen LogP contribution >= 0.6 is 0 Å². The molecular weight excluding hydrogens is 251 g/mol. The normalized spacial score (nSPS) is 18.0. The van der Waals surface area contributed by atoms with Gasteiger partial charge in [0.2, 0.25) is 0 Å². The lowest BCUT2D eigenvalue weighted by atomic mass is 9.93. The number of halogens is 1. The van der Waals surface area contributed by atoms with E-state index in [0.29, 0.717) is 12.5 Å². The molecule has 0 amide bonds. The average Bonchev–Trinajstić information content (AvgIpc) is 2.49. The van der Waals surface area contributed by atoms with Crippen LogP contribution in [0, 0.1) is 5.82 Å². The zero-order valence-electron chi connectivity index (χ0n) is 12.7. The zero-order chi connectivity index (χ0) is 14.5. The van der Waals surface area contributed by atoms with Crippen molar-refractivity contribution in [2.24, 2.45) is 5.73 Å². The van der Waals surface area contributed by atoms with Gasteiger partial charge in [0.25, 0.3) is 0 Å². The van der Waals surface area contributed by atoms with Crippen LogP contribution in [0.15, 0.2) is 18.2 Å². The summed E-state index contributed by atoms with van der Waals surface area (Å²) in [5, 5.41) is 0. The number of rotatable bonds is 5. The van der Waals surface area contributed by atoms with E-state index in [1.807, 2.05) is 12.1 Å². The molecule has 1 atom stereocenters. The van der Waals surface area contributed by atoms with E-state index in [9.17, 15) is 4.39 Å². The van der Waals surface area contributed by atoms with Crippen molar-refractivity contribution in [3.8, 4) is 0 Å². The molecule has 0 bridgehead atoms. The predicted octanol–water partition coefficient (Wildman–Crippen LogP) is 3.87. The number of hydrogen-bond donors (Lipinski definition) is 1. The fourth-order valence-corrected chi connectivity index (χ4v) is 3.15. The average molecular weight is 278 g/mol. The van der Waals surface area contributed by atoms with Crippen molar-refractivity contribution < 1.29 is 4.39 Å². The van der Waals surface area contributed by atoms with Crippen LogP contribution in [0.2, 0.25) is 0 Å². The Labute approximate surface area is 122 Å². The molecule has 2 rings (SSSR count). The molecule has 1 aromatic rings. The standard InChI is InChI=1S/C17H27FN2/c1-3-13(19)12-15-16(18)10-7-11-17(15)20(2)14-8-5-4-6-9-14/h7,10-11,13-14H,3-6,8-9,12,19H2,1-2H3. The molecule has 1 aromatic carbocycles. The van der Waals surface area contributed by atoms with E-state index in [-0.39, 0.29) is 11.9 Å². The minimum Gasteiger partial charge on any atom is -0.371 e. The Morgan fingerprint density at radius 1 is 1.30 bits per heavy atom. The van der Waals surface area contributed by atoms with Crippen molar-refractivity contribution in [1.29, 1.82) is 0 Å². The van der Waals surface area contributed by atoms with Crippen molar-refractivity contribution in [1.82, 2.24) is 0 Å². The summed E-state index contributed by atoms with van der Waals surface area (Å²) >= 11 is 0. The fraction of sp³-hybridized carbons (Fsp3) is 0.647. The van der Waals surface area contributed by atoms with Gasteiger partial charge in [-0.3, -0.25) is 0 Å². The molecule has 1 unspecified atom stereocenters. The Bertz CT molecular complexity index is 427. The van der Waals surface area contributed by atoms with Crippen molar-refractivity contribution in [2.45, 2.75) is 64.0 Å². The van der Waals surface area contributed by atoms with Crippen molar-refractivity contribution in [3.63, 3.8) is 0 Å². The van der Waals surface area contributed by atoms with Gasteiger partial charge in [-0.1, -0.05) is 32.3 Å². The molecule has 2 nitrogen and oxygen atoms in total. The Balaban J connectivity index is 2.22. The van der Waals surface area contributed by atoms with Crippen molar-refractivity contribution in [3.05, 3.63) is 29.6 Å². The molecule has 20 heavy (non-hydrogen) atoms. The molecule has 0 aliphatic heterocycles. The van der Waals surface area contributed by atoms with Gasteiger partial charge < -0.3 is 10.6 Å². The first-order valence-corrected chi connectivity index (χ1v) is 7.89. The summed E-state index contributed by atoms with van der Waals surface area (Å²) in [5.74, 6) is -0.117. The summed E-state index contributed by atoms with van der Waals surface area (Å²) in [5.41, 5.74) is 7.85. The monoisotopic (exact) mass is 278 g/mol. The third kappa shape index (κ3) is 3.51. The van der Waals surface area contributed by atoms with Crippen molar-refractivity contribution >= 4 is 5.69 Å². The highest BCUT2D eigenvalue weighted by Crippen LogP contribution is 2.30. The summed E-state index contributed by atoms with van der Waals surface area (Å²) < 4.78 is 14.2. The minimum absolute atomic E-state index is 0.0328.